The lowest BCUT2D eigenvalue weighted by molar-refractivity contribution is -0.0254. The van der Waals surface area contributed by atoms with Crippen LogP contribution >= 0.6 is 11.6 Å². The number of pyridine rings is 1. The molecule has 38 heavy (non-hydrogen) atoms. The molecule has 5 rings (SSSR count). The van der Waals surface area contributed by atoms with Crippen molar-refractivity contribution in [2.24, 2.45) is 5.92 Å². The Hall–Kier alpha value is -2.70. The zero-order chi connectivity index (χ0) is 26.8. The first-order chi connectivity index (χ1) is 18.3. The summed E-state index contributed by atoms with van der Waals surface area (Å²) in [7, 11) is 0. The highest BCUT2D eigenvalue weighted by Gasteiger charge is 2.38. The first kappa shape index (κ1) is 26.9. The molecule has 1 fully saturated rings. The van der Waals surface area contributed by atoms with Crippen LogP contribution in [0.2, 0.25) is 5.02 Å². The van der Waals surface area contributed by atoms with Crippen LogP contribution < -0.4 is 4.74 Å². The summed E-state index contributed by atoms with van der Waals surface area (Å²) in [6.45, 7) is 6.65. The normalized spacial score (nSPS) is 22.1. The zero-order valence-electron chi connectivity index (χ0n) is 22.2. The van der Waals surface area contributed by atoms with Gasteiger partial charge >= 0.3 is 0 Å². The van der Waals surface area contributed by atoms with Gasteiger partial charge < -0.3 is 19.8 Å². The lowest BCUT2D eigenvalue weighted by Gasteiger charge is -2.38. The van der Waals surface area contributed by atoms with Crippen LogP contribution in [0.4, 0.5) is 0 Å². The van der Waals surface area contributed by atoms with Crippen LogP contribution in [0.15, 0.2) is 84.3 Å². The monoisotopic (exact) mass is 532 g/mol. The summed E-state index contributed by atoms with van der Waals surface area (Å²) in [4.78, 5) is 6.94. The highest BCUT2D eigenvalue weighted by Crippen LogP contribution is 2.43. The van der Waals surface area contributed by atoms with E-state index in [9.17, 15) is 10.2 Å². The van der Waals surface area contributed by atoms with Crippen LogP contribution in [0, 0.1) is 5.92 Å². The average Bonchev–Trinajstić information content (AvgIpc) is 3.10. The number of hydrogen-bond acceptors (Lipinski definition) is 5. The van der Waals surface area contributed by atoms with E-state index in [4.69, 9.17) is 16.3 Å². The molecule has 1 aromatic heterocycles. The average molecular weight is 533 g/mol. The van der Waals surface area contributed by atoms with Crippen molar-refractivity contribution in [2.45, 2.75) is 57.2 Å². The Morgan fingerprint density at radius 1 is 1.16 bits per heavy atom. The Morgan fingerprint density at radius 2 is 1.89 bits per heavy atom. The molecule has 1 unspecified atom stereocenters. The zero-order valence-corrected chi connectivity index (χ0v) is 23.0. The molecule has 2 aromatic rings. The maximum Gasteiger partial charge on any atom is 0.227 e. The number of aliphatic hydroxyl groups is 2. The predicted molar refractivity (Wildman–Crippen MR) is 153 cm³/mol. The van der Waals surface area contributed by atoms with E-state index in [0.29, 0.717) is 36.6 Å². The van der Waals surface area contributed by atoms with Crippen LogP contribution in [0.25, 0.3) is 5.57 Å². The molecule has 0 spiro atoms. The van der Waals surface area contributed by atoms with Crippen molar-refractivity contribution in [3.05, 3.63) is 100 Å². The van der Waals surface area contributed by atoms with Gasteiger partial charge in [-0.25, -0.2) is 4.98 Å². The molecule has 5 nitrogen and oxygen atoms in total. The largest absolute Gasteiger partial charge is 0.438 e. The molecule has 0 saturated carbocycles. The molecule has 200 valence electrons. The van der Waals surface area contributed by atoms with Crippen molar-refractivity contribution < 1.29 is 14.9 Å². The Kier molecular flexibility index (Phi) is 7.92. The van der Waals surface area contributed by atoms with Crippen molar-refractivity contribution in [3.8, 4) is 5.88 Å². The second-order valence-corrected chi connectivity index (χ2v) is 11.0. The molecule has 0 bridgehead atoms. The van der Waals surface area contributed by atoms with Gasteiger partial charge in [-0.15, -0.1) is 0 Å². The van der Waals surface area contributed by atoms with Gasteiger partial charge in [0, 0.05) is 47.9 Å². The molecule has 2 aliphatic heterocycles. The summed E-state index contributed by atoms with van der Waals surface area (Å²) < 4.78 is 6.31. The molecule has 0 radical (unpaired) electrons. The Labute approximate surface area is 230 Å². The second kappa shape index (κ2) is 11.2. The van der Waals surface area contributed by atoms with E-state index >= 15 is 0 Å². The molecule has 6 heteroatoms. The number of ether oxygens (including phenoxy) is 1. The molecular formula is C32H37ClN2O3. The minimum Gasteiger partial charge on any atom is -0.438 e. The van der Waals surface area contributed by atoms with Crippen molar-refractivity contribution >= 4 is 17.2 Å². The predicted octanol–water partition coefficient (Wildman–Crippen LogP) is 6.43. The summed E-state index contributed by atoms with van der Waals surface area (Å²) in [5.74, 6) is 1.19. The number of hydrogen-bond donors (Lipinski definition) is 2. The van der Waals surface area contributed by atoms with Crippen LogP contribution in [0.1, 0.15) is 57.1 Å². The van der Waals surface area contributed by atoms with Gasteiger partial charge in [0.15, 0.2) is 0 Å². The second-order valence-electron chi connectivity index (χ2n) is 10.6. The lowest BCUT2D eigenvalue weighted by atomic mass is 9.75. The number of aromatic nitrogens is 1. The van der Waals surface area contributed by atoms with Gasteiger partial charge in [0.25, 0.3) is 0 Å². The van der Waals surface area contributed by atoms with Crippen molar-refractivity contribution in [1.82, 2.24) is 9.88 Å². The van der Waals surface area contributed by atoms with E-state index in [-0.39, 0.29) is 5.92 Å². The van der Waals surface area contributed by atoms with Crippen LogP contribution in [-0.4, -0.2) is 45.3 Å². The maximum absolute atomic E-state index is 11.4. The summed E-state index contributed by atoms with van der Waals surface area (Å²) >= 11 is 6.04. The fourth-order valence-corrected chi connectivity index (χ4v) is 5.95. The number of piperidine rings is 1. The highest BCUT2D eigenvalue weighted by molar-refractivity contribution is 6.30. The Morgan fingerprint density at radius 3 is 2.61 bits per heavy atom. The minimum absolute atomic E-state index is 0.150. The maximum atomic E-state index is 11.4. The van der Waals surface area contributed by atoms with Crippen molar-refractivity contribution in [1.29, 1.82) is 0 Å². The van der Waals surface area contributed by atoms with Gasteiger partial charge in [0.05, 0.1) is 11.2 Å². The standard InChI is InChI=1S/C32H37ClN2O3/c1-3-31(36,4-2)28-10-5-11-29-27(28)22-23(26-9-6-18-34-30(26)38-29)8-7-19-35-20-16-32(37,17-21-35)24-12-14-25(33)15-13-24/h5-6,8-15,18,22,28,36-37H,3-4,7,16-17,19-21H2,1-2H3. The van der Waals surface area contributed by atoms with Gasteiger partial charge in [0.2, 0.25) is 5.88 Å². The molecular weight excluding hydrogens is 496 g/mol. The Bertz CT molecular complexity index is 1270. The number of allylic oxidation sites excluding steroid dienone is 5. The van der Waals surface area contributed by atoms with Crippen molar-refractivity contribution in [3.63, 3.8) is 0 Å². The van der Waals surface area contributed by atoms with E-state index in [2.05, 4.69) is 28.1 Å². The number of likely N-dealkylation sites (tertiary alicyclic amines) is 1. The van der Waals surface area contributed by atoms with Crippen molar-refractivity contribution in [2.75, 3.05) is 19.6 Å². The smallest absolute Gasteiger partial charge is 0.227 e. The summed E-state index contributed by atoms with van der Waals surface area (Å²) in [5.41, 5.74) is 2.33. The lowest BCUT2D eigenvalue weighted by Crippen LogP contribution is -2.42. The number of rotatable bonds is 7. The minimum atomic E-state index is -0.838. The van der Waals surface area contributed by atoms with Gasteiger partial charge in [-0.2, -0.15) is 0 Å². The molecule has 1 atom stereocenters. The molecule has 3 aliphatic rings. The summed E-state index contributed by atoms with van der Waals surface area (Å²) in [6.07, 6.45) is 15.8. The van der Waals surface area contributed by atoms with Gasteiger partial charge in [-0.3, -0.25) is 0 Å². The molecule has 2 N–H and O–H groups in total. The summed E-state index contributed by atoms with van der Waals surface area (Å²) in [5, 5.41) is 23.3. The van der Waals surface area contributed by atoms with Gasteiger partial charge in [-0.1, -0.05) is 55.8 Å². The number of benzene rings is 1. The first-order valence-corrected chi connectivity index (χ1v) is 14.1. The van der Waals surface area contributed by atoms with Crippen LogP contribution in [0.3, 0.4) is 0 Å². The van der Waals surface area contributed by atoms with E-state index in [1.165, 1.54) is 0 Å². The first-order valence-electron chi connectivity index (χ1n) is 13.7. The van der Waals surface area contributed by atoms with E-state index in [0.717, 1.165) is 54.1 Å². The van der Waals surface area contributed by atoms with E-state index in [1.54, 1.807) is 6.20 Å². The van der Waals surface area contributed by atoms with Gasteiger partial charge in [-0.05, 0) is 79.7 Å². The highest BCUT2D eigenvalue weighted by atomic mass is 35.5. The third-order valence-electron chi connectivity index (χ3n) is 8.45. The molecule has 1 aromatic carbocycles. The topological polar surface area (TPSA) is 65.8 Å². The molecule has 1 saturated heterocycles. The van der Waals surface area contributed by atoms with E-state index in [1.807, 2.05) is 62.4 Å². The number of fused-ring (bicyclic) bond motifs is 2. The molecule has 3 heterocycles. The third kappa shape index (κ3) is 5.39. The fourth-order valence-electron chi connectivity index (χ4n) is 5.83. The van der Waals surface area contributed by atoms with Crippen LogP contribution in [0.5, 0.6) is 5.88 Å². The number of nitrogens with zero attached hydrogens (tertiary/aromatic N) is 2. The van der Waals surface area contributed by atoms with Crippen LogP contribution in [-0.2, 0) is 5.60 Å². The fraction of sp³-hybridized carbons (Fsp3) is 0.406. The Balaban J connectivity index is 1.34. The van der Waals surface area contributed by atoms with E-state index < -0.39 is 11.2 Å². The number of halogens is 1. The third-order valence-corrected chi connectivity index (χ3v) is 8.70. The van der Waals surface area contributed by atoms with Gasteiger partial charge in [0.1, 0.15) is 5.76 Å². The molecule has 0 amide bonds. The summed E-state index contributed by atoms with van der Waals surface area (Å²) in [6, 6.07) is 11.5. The quantitative estimate of drug-likeness (QED) is 0.430. The SMILES string of the molecule is CCC(O)(CC)C1C=CC=C2Oc3ncccc3C(=CCCN3CCC(O)(c4ccc(Cl)cc4)CC3)C=C21. The molecule has 1 aliphatic carbocycles.